The van der Waals surface area contributed by atoms with Crippen LogP contribution in [0.15, 0.2) is 93.9 Å². The molecule has 4 rings (SSSR count). The minimum Gasteiger partial charge on any atom is -0.478 e. The molecule has 0 aromatic heterocycles. The highest BCUT2D eigenvalue weighted by molar-refractivity contribution is 7.90. The van der Waals surface area contributed by atoms with E-state index in [0.717, 1.165) is 5.56 Å². The molecule has 3 aromatic rings. The molecule has 32 heavy (non-hydrogen) atoms. The summed E-state index contributed by atoms with van der Waals surface area (Å²) in [6, 6.07) is 18.9. The van der Waals surface area contributed by atoms with Gasteiger partial charge in [0.15, 0.2) is 0 Å². The first-order valence-electron chi connectivity index (χ1n) is 9.62. The van der Waals surface area contributed by atoms with Crippen molar-refractivity contribution in [3.63, 3.8) is 0 Å². The molecule has 0 fully saturated rings. The Morgan fingerprint density at radius 3 is 2.16 bits per heavy atom. The summed E-state index contributed by atoms with van der Waals surface area (Å²) in [6.45, 7) is 1.95. The zero-order chi connectivity index (χ0) is 22.9. The Balaban J connectivity index is 1.78. The summed E-state index contributed by atoms with van der Waals surface area (Å²) in [5.41, 5.74) is 2.75. The normalized spacial score (nSPS) is 14.6. The van der Waals surface area contributed by atoms with Gasteiger partial charge in [-0.3, -0.25) is 4.79 Å². The van der Waals surface area contributed by atoms with Crippen LogP contribution in [0.4, 0.5) is 5.69 Å². The lowest BCUT2D eigenvalue weighted by Crippen LogP contribution is -2.22. The number of carbonyl (C=O) groups is 2. The number of allylic oxidation sites excluding steroid dienone is 2. The smallest absolute Gasteiger partial charge is 0.335 e. The number of rotatable bonds is 5. The third-order valence-corrected chi connectivity index (χ3v) is 6.23. The van der Waals surface area contributed by atoms with Crippen LogP contribution in [0, 0.1) is 6.92 Å². The standard InChI is InChI=1S/C24H18N2O5S/c1-15-6-10-17(11-7-15)25-22-14-21(19-4-2-3-5-20(19)23(22)27)26-32(30,31)18-12-8-16(9-13-18)24(28)29/h2-14,25H,1H3,(H,28,29). The predicted octanol–water partition coefficient (Wildman–Crippen LogP) is 4.06. The molecule has 7 nitrogen and oxygen atoms in total. The van der Waals surface area contributed by atoms with Gasteiger partial charge in [-0.25, -0.2) is 4.79 Å². The number of carboxylic acids is 1. The van der Waals surface area contributed by atoms with Crippen molar-refractivity contribution in [1.82, 2.24) is 0 Å². The second-order valence-corrected chi connectivity index (χ2v) is 8.81. The maximum absolute atomic E-state index is 13.0. The number of anilines is 1. The van der Waals surface area contributed by atoms with Crippen LogP contribution in [0.5, 0.6) is 0 Å². The van der Waals surface area contributed by atoms with Crippen LogP contribution >= 0.6 is 0 Å². The third kappa shape index (κ3) is 4.21. The molecule has 0 amide bonds. The highest BCUT2D eigenvalue weighted by Crippen LogP contribution is 2.25. The summed E-state index contributed by atoms with van der Waals surface area (Å²) in [4.78, 5) is 23.9. The number of carboxylic acid groups (broad SMARTS) is 1. The van der Waals surface area contributed by atoms with Crippen LogP contribution in [-0.4, -0.2) is 31.0 Å². The summed E-state index contributed by atoms with van der Waals surface area (Å²) in [6.07, 6.45) is 1.41. The summed E-state index contributed by atoms with van der Waals surface area (Å²) in [5, 5.41) is 12.1. The molecule has 160 valence electrons. The molecule has 2 N–H and O–H groups in total. The molecule has 0 aliphatic heterocycles. The van der Waals surface area contributed by atoms with Crippen molar-refractivity contribution in [2.45, 2.75) is 11.8 Å². The van der Waals surface area contributed by atoms with Gasteiger partial charge in [0.25, 0.3) is 10.0 Å². The topological polar surface area (TPSA) is 113 Å². The number of fused-ring (bicyclic) bond motifs is 1. The average Bonchev–Trinajstić information content (AvgIpc) is 2.78. The SMILES string of the molecule is Cc1ccc(NC2=CC(=NS(=O)(=O)c3ccc(C(=O)O)cc3)c3ccccc3C2=O)cc1. The second kappa shape index (κ2) is 8.24. The van der Waals surface area contributed by atoms with Crippen LogP contribution in [0.1, 0.15) is 31.8 Å². The largest absolute Gasteiger partial charge is 0.478 e. The molecule has 1 aliphatic rings. The van der Waals surface area contributed by atoms with E-state index in [1.807, 2.05) is 31.2 Å². The van der Waals surface area contributed by atoms with Crippen molar-refractivity contribution in [2.24, 2.45) is 4.40 Å². The first-order chi connectivity index (χ1) is 15.2. The van der Waals surface area contributed by atoms with E-state index >= 15 is 0 Å². The van der Waals surface area contributed by atoms with Crippen molar-refractivity contribution in [3.8, 4) is 0 Å². The fourth-order valence-corrected chi connectivity index (χ4v) is 4.24. The van der Waals surface area contributed by atoms with Gasteiger partial charge in [-0.05, 0) is 49.4 Å². The van der Waals surface area contributed by atoms with Gasteiger partial charge in [-0.1, -0.05) is 42.0 Å². The quantitative estimate of drug-likeness (QED) is 0.611. The van der Waals surface area contributed by atoms with Crippen LogP contribution < -0.4 is 5.32 Å². The first-order valence-corrected chi connectivity index (χ1v) is 11.1. The molecule has 0 saturated heterocycles. The zero-order valence-corrected chi connectivity index (χ0v) is 17.8. The Hall–Kier alpha value is -4.04. The van der Waals surface area contributed by atoms with Crippen molar-refractivity contribution in [2.75, 3.05) is 5.32 Å². The van der Waals surface area contributed by atoms with E-state index in [0.29, 0.717) is 16.8 Å². The number of nitrogens with zero attached hydrogens (tertiary/aromatic N) is 1. The van der Waals surface area contributed by atoms with E-state index in [4.69, 9.17) is 5.11 Å². The Bertz CT molecular complexity index is 1390. The summed E-state index contributed by atoms with van der Waals surface area (Å²) in [5.74, 6) is -1.43. The number of aryl methyl sites for hydroxylation is 1. The molecule has 8 heteroatoms. The van der Waals surface area contributed by atoms with E-state index in [9.17, 15) is 18.0 Å². The number of carbonyl (C=O) groups excluding carboxylic acids is 1. The highest BCUT2D eigenvalue weighted by atomic mass is 32.2. The van der Waals surface area contributed by atoms with E-state index < -0.39 is 16.0 Å². The van der Waals surface area contributed by atoms with E-state index in [1.165, 1.54) is 30.3 Å². The van der Waals surface area contributed by atoms with E-state index in [1.54, 1.807) is 24.3 Å². The maximum Gasteiger partial charge on any atom is 0.335 e. The van der Waals surface area contributed by atoms with E-state index in [2.05, 4.69) is 9.71 Å². The molecule has 0 atom stereocenters. The molecular formula is C24H18N2O5S. The Morgan fingerprint density at radius 1 is 0.906 bits per heavy atom. The van der Waals surface area contributed by atoms with Gasteiger partial charge in [0.2, 0.25) is 5.78 Å². The summed E-state index contributed by atoms with van der Waals surface area (Å²) in [7, 11) is -4.15. The summed E-state index contributed by atoms with van der Waals surface area (Å²) < 4.78 is 29.8. The number of hydrogen-bond donors (Lipinski definition) is 2. The Morgan fingerprint density at radius 2 is 1.53 bits per heavy atom. The monoisotopic (exact) mass is 446 g/mol. The number of ketones is 1. The minimum absolute atomic E-state index is 0.0327. The molecule has 3 aromatic carbocycles. The second-order valence-electron chi connectivity index (χ2n) is 7.20. The molecule has 0 unspecified atom stereocenters. The third-order valence-electron chi connectivity index (χ3n) is 4.92. The van der Waals surface area contributed by atoms with Gasteiger partial charge < -0.3 is 10.4 Å². The van der Waals surface area contributed by atoms with Crippen LogP contribution in [0.2, 0.25) is 0 Å². The van der Waals surface area contributed by atoms with Gasteiger partial charge in [0, 0.05) is 16.8 Å². The molecule has 1 aliphatic carbocycles. The molecule has 0 saturated carbocycles. The van der Waals surface area contributed by atoms with Gasteiger partial charge >= 0.3 is 5.97 Å². The van der Waals surface area contributed by atoms with Gasteiger partial charge in [-0.15, -0.1) is 0 Å². The number of hydrogen-bond acceptors (Lipinski definition) is 5. The van der Waals surface area contributed by atoms with Crippen LogP contribution in [0.3, 0.4) is 0 Å². The fraction of sp³-hybridized carbons (Fsp3) is 0.0417. The van der Waals surface area contributed by atoms with E-state index in [-0.39, 0.29) is 27.7 Å². The lowest BCUT2D eigenvalue weighted by atomic mass is 9.92. The van der Waals surface area contributed by atoms with Crippen molar-refractivity contribution in [1.29, 1.82) is 0 Å². The molecule has 0 spiro atoms. The maximum atomic E-state index is 13.0. The van der Waals surface area contributed by atoms with Crippen molar-refractivity contribution in [3.05, 3.63) is 107 Å². The predicted molar refractivity (Wildman–Crippen MR) is 121 cm³/mol. The lowest BCUT2D eigenvalue weighted by Gasteiger charge is -2.19. The zero-order valence-electron chi connectivity index (χ0n) is 16.9. The van der Waals surface area contributed by atoms with Crippen LogP contribution in [0.25, 0.3) is 0 Å². The summed E-state index contributed by atoms with van der Waals surface area (Å²) >= 11 is 0. The van der Waals surface area contributed by atoms with Gasteiger partial charge in [0.1, 0.15) is 0 Å². The number of benzene rings is 3. The fourth-order valence-electron chi connectivity index (χ4n) is 3.24. The lowest BCUT2D eigenvalue weighted by molar-refractivity contribution is 0.0696. The van der Waals surface area contributed by atoms with Crippen LogP contribution in [-0.2, 0) is 10.0 Å². The molecule has 0 bridgehead atoms. The first kappa shape index (κ1) is 21.2. The number of Topliss-reactive ketones (excluding diaryl/α,β-unsaturated/α-hetero) is 1. The average molecular weight is 446 g/mol. The minimum atomic E-state index is -4.15. The molecule has 0 radical (unpaired) electrons. The number of aromatic carboxylic acids is 1. The van der Waals surface area contributed by atoms with Crippen molar-refractivity contribution >= 4 is 33.2 Å². The van der Waals surface area contributed by atoms with Gasteiger partial charge in [-0.2, -0.15) is 12.8 Å². The Labute approximate surface area is 184 Å². The molecular weight excluding hydrogens is 428 g/mol. The number of sulfonamides is 1. The molecule has 0 heterocycles. The number of nitrogens with one attached hydrogen (secondary N) is 1. The van der Waals surface area contributed by atoms with Gasteiger partial charge in [0.05, 0.1) is 21.9 Å². The Kier molecular flexibility index (Phi) is 5.46. The van der Waals surface area contributed by atoms with Crippen molar-refractivity contribution < 1.29 is 23.1 Å². The highest BCUT2D eigenvalue weighted by Gasteiger charge is 2.26.